The maximum Gasteiger partial charge on any atom is 0.145 e. The summed E-state index contributed by atoms with van der Waals surface area (Å²) in [5.41, 5.74) is 6.07. The van der Waals surface area contributed by atoms with Crippen LogP contribution in [-0.4, -0.2) is 19.5 Å². The van der Waals surface area contributed by atoms with E-state index >= 15 is 0 Å². The molecular formula is C29H24N4. The molecule has 0 unspecified atom stereocenters. The molecule has 6 aromatic rings. The van der Waals surface area contributed by atoms with E-state index in [1.165, 1.54) is 16.2 Å². The Labute approximate surface area is 192 Å². The van der Waals surface area contributed by atoms with Crippen LogP contribution in [0.2, 0.25) is 0 Å². The number of para-hydroxylation sites is 1. The fraction of sp³-hybridized carbons (Fsp3) is 0.138. The first kappa shape index (κ1) is 19.6. The number of hydrogen-bond acceptors (Lipinski definition) is 3. The van der Waals surface area contributed by atoms with Crippen LogP contribution in [0.15, 0.2) is 91.4 Å². The van der Waals surface area contributed by atoms with Gasteiger partial charge in [0, 0.05) is 39.3 Å². The average molecular weight is 429 g/mol. The molecule has 0 aliphatic heterocycles. The monoisotopic (exact) mass is 428 g/mol. The summed E-state index contributed by atoms with van der Waals surface area (Å²) in [4.78, 5) is 14.0. The molecule has 0 saturated heterocycles. The highest BCUT2D eigenvalue weighted by Gasteiger charge is 2.18. The maximum absolute atomic E-state index is 4.95. The predicted molar refractivity (Wildman–Crippen MR) is 136 cm³/mol. The van der Waals surface area contributed by atoms with Crippen LogP contribution >= 0.6 is 0 Å². The summed E-state index contributed by atoms with van der Waals surface area (Å²) in [6.07, 6.45) is 3.58. The number of hydrogen-bond donors (Lipinski definition) is 0. The molecule has 0 aliphatic rings. The Balaban J connectivity index is 1.59. The number of aromatic nitrogens is 4. The van der Waals surface area contributed by atoms with Crippen LogP contribution in [-0.2, 0) is 5.41 Å². The first-order chi connectivity index (χ1) is 16.0. The second-order valence-corrected chi connectivity index (χ2v) is 9.52. The molecular weight excluding hydrogens is 404 g/mol. The minimum atomic E-state index is -0.0403. The number of fused-ring (bicyclic) bond motifs is 4. The molecule has 3 heterocycles. The van der Waals surface area contributed by atoms with Crippen molar-refractivity contribution in [1.82, 2.24) is 19.5 Å². The lowest BCUT2D eigenvalue weighted by atomic mass is 9.91. The minimum absolute atomic E-state index is 0.0403. The normalized spacial score (nSPS) is 12.1. The van der Waals surface area contributed by atoms with Crippen molar-refractivity contribution in [3.05, 3.63) is 97.1 Å². The Morgan fingerprint density at radius 2 is 1.48 bits per heavy atom. The van der Waals surface area contributed by atoms with Crippen LogP contribution in [0.4, 0.5) is 0 Å². The van der Waals surface area contributed by atoms with E-state index in [1.807, 2.05) is 6.20 Å². The van der Waals surface area contributed by atoms with Gasteiger partial charge in [0.2, 0.25) is 0 Å². The SMILES string of the molecule is CC(C)(C)c1cc(-c2cnc3c(c2)c2ccccc2n3-c2ccc3ccccc3c2)ncn1. The van der Waals surface area contributed by atoms with Crippen molar-refractivity contribution < 1.29 is 0 Å². The van der Waals surface area contributed by atoms with E-state index in [4.69, 9.17) is 4.98 Å². The topological polar surface area (TPSA) is 43.6 Å². The van der Waals surface area contributed by atoms with Gasteiger partial charge in [-0.3, -0.25) is 4.57 Å². The summed E-state index contributed by atoms with van der Waals surface area (Å²) in [6.45, 7) is 6.49. The van der Waals surface area contributed by atoms with E-state index in [0.717, 1.165) is 39.2 Å². The fourth-order valence-electron chi connectivity index (χ4n) is 4.49. The molecule has 0 atom stereocenters. The van der Waals surface area contributed by atoms with Crippen molar-refractivity contribution >= 4 is 32.7 Å². The van der Waals surface area contributed by atoms with Crippen LogP contribution in [0.5, 0.6) is 0 Å². The van der Waals surface area contributed by atoms with Gasteiger partial charge in [-0.1, -0.05) is 69.3 Å². The minimum Gasteiger partial charge on any atom is -0.294 e. The molecule has 0 bridgehead atoms. The highest BCUT2D eigenvalue weighted by molar-refractivity contribution is 6.09. The number of pyridine rings is 1. The molecule has 0 saturated carbocycles. The zero-order valence-electron chi connectivity index (χ0n) is 18.9. The Morgan fingerprint density at radius 1 is 0.697 bits per heavy atom. The molecule has 33 heavy (non-hydrogen) atoms. The fourth-order valence-corrected chi connectivity index (χ4v) is 4.49. The molecule has 160 valence electrons. The van der Waals surface area contributed by atoms with E-state index in [1.54, 1.807) is 6.33 Å². The lowest BCUT2D eigenvalue weighted by Crippen LogP contribution is -2.13. The number of rotatable bonds is 2. The van der Waals surface area contributed by atoms with E-state index < -0.39 is 0 Å². The first-order valence-corrected chi connectivity index (χ1v) is 11.2. The van der Waals surface area contributed by atoms with Crippen LogP contribution in [0, 0.1) is 0 Å². The van der Waals surface area contributed by atoms with Crippen molar-refractivity contribution in [1.29, 1.82) is 0 Å². The molecule has 0 N–H and O–H groups in total. The van der Waals surface area contributed by atoms with Gasteiger partial charge >= 0.3 is 0 Å². The first-order valence-electron chi connectivity index (χ1n) is 11.2. The molecule has 0 amide bonds. The summed E-state index contributed by atoms with van der Waals surface area (Å²) in [6, 6.07) is 27.8. The second kappa shape index (κ2) is 7.24. The van der Waals surface area contributed by atoms with Crippen molar-refractivity contribution in [3.63, 3.8) is 0 Å². The Hall–Kier alpha value is -4.05. The van der Waals surface area contributed by atoms with E-state index in [0.29, 0.717) is 0 Å². The van der Waals surface area contributed by atoms with E-state index in [-0.39, 0.29) is 5.41 Å². The largest absolute Gasteiger partial charge is 0.294 e. The van der Waals surface area contributed by atoms with Crippen LogP contribution in [0.1, 0.15) is 26.5 Å². The van der Waals surface area contributed by atoms with E-state index in [9.17, 15) is 0 Å². The third-order valence-electron chi connectivity index (χ3n) is 6.24. The summed E-state index contributed by atoms with van der Waals surface area (Å²) in [5, 5.41) is 4.75. The smallest absolute Gasteiger partial charge is 0.145 e. The van der Waals surface area contributed by atoms with Gasteiger partial charge in [-0.15, -0.1) is 0 Å². The van der Waals surface area contributed by atoms with Crippen molar-refractivity contribution in [2.45, 2.75) is 26.2 Å². The molecule has 0 spiro atoms. The summed E-state index contributed by atoms with van der Waals surface area (Å²) in [7, 11) is 0. The van der Waals surface area contributed by atoms with Gasteiger partial charge in [-0.05, 0) is 41.1 Å². The Morgan fingerprint density at radius 3 is 2.33 bits per heavy atom. The molecule has 6 rings (SSSR count). The van der Waals surface area contributed by atoms with Crippen molar-refractivity contribution in [3.8, 4) is 16.9 Å². The highest BCUT2D eigenvalue weighted by Crippen LogP contribution is 2.34. The maximum atomic E-state index is 4.95. The highest BCUT2D eigenvalue weighted by atomic mass is 15.0. The quantitative estimate of drug-likeness (QED) is 0.296. The van der Waals surface area contributed by atoms with Crippen molar-refractivity contribution in [2.75, 3.05) is 0 Å². The van der Waals surface area contributed by atoms with E-state index in [2.05, 4.69) is 114 Å². The van der Waals surface area contributed by atoms with Crippen LogP contribution in [0.25, 0.3) is 49.7 Å². The molecule has 0 aliphatic carbocycles. The van der Waals surface area contributed by atoms with Gasteiger partial charge in [0.05, 0.1) is 11.2 Å². The van der Waals surface area contributed by atoms with Gasteiger partial charge in [0.25, 0.3) is 0 Å². The molecule has 0 radical (unpaired) electrons. The number of benzene rings is 3. The molecule has 4 heteroatoms. The Kier molecular flexibility index (Phi) is 4.31. The Bertz CT molecular complexity index is 1650. The molecule has 0 fully saturated rings. The zero-order valence-corrected chi connectivity index (χ0v) is 18.9. The van der Waals surface area contributed by atoms with Crippen LogP contribution in [0.3, 0.4) is 0 Å². The summed E-state index contributed by atoms with van der Waals surface area (Å²) < 4.78 is 2.25. The van der Waals surface area contributed by atoms with Crippen molar-refractivity contribution in [2.24, 2.45) is 0 Å². The lowest BCUT2D eigenvalue weighted by molar-refractivity contribution is 0.567. The van der Waals surface area contributed by atoms with Gasteiger partial charge in [0.15, 0.2) is 0 Å². The second-order valence-electron chi connectivity index (χ2n) is 9.52. The third kappa shape index (κ3) is 3.26. The van der Waals surface area contributed by atoms with Gasteiger partial charge < -0.3 is 0 Å². The van der Waals surface area contributed by atoms with Gasteiger partial charge in [-0.25, -0.2) is 15.0 Å². The molecule has 4 nitrogen and oxygen atoms in total. The summed E-state index contributed by atoms with van der Waals surface area (Å²) in [5.74, 6) is 0. The third-order valence-corrected chi connectivity index (χ3v) is 6.24. The molecule has 3 aromatic carbocycles. The lowest BCUT2D eigenvalue weighted by Gasteiger charge is -2.17. The standard InChI is InChI=1S/C29H24N4/c1-29(2,3)27-16-25(31-18-32-27)21-15-24-23-10-6-7-11-26(23)33(28(24)30-17-21)22-13-12-19-8-4-5-9-20(19)14-22/h4-18H,1-3H3. The summed E-state index contributed by atoms with van der Waals surface area (Å²) >= 11 is 0. The van der Waals surface area contributed by atoms with Crippen LogP contribution < -0.4 is 0 Å². The molecule has 3 aromatic heterocycles. The predicted octanol–water partition coefficient (Wildman–Crippen LogP) is 7.09. The number of nitrogens with zero attached hydrogens (tertiary/aromatic N) is 4. The zero-order chi connectivity index (χ0) is 22.6. The van der Waals surface area contributed by atoms with Gasteiger partial charge in [0.1, 0.15) is 12.0 Å². The average Bonchev–Trinajstić information content (AvgIpc) is 3.17. The van der Waals surface area contributed by atoms with Gasteiger partial charge in [-0.2, -0.15) is 0 Å².